The molecule has 0 aromatic carbocycles. The lowest BCUT2D eigenvalue weighted by Crippen LogP contribution is -1.98. The third kappa shape index (κ3) is 1.61. The molecule has 0 unspecified atom stereocenters. The van der Waals surface area contributed by atoms with Crippen LogP contribution in [-0.4, -0.2) is 4.98 Å². The average molecular weight is 197 g/mol. The van der Waals surface area contributed by atoms with Gasteiger partial charge in [-0.15, -0.1) is 0 Å². The minimum absolute atomic E-state index is 0.225. The normalized spacial score (nSPS) is 10.8. The van der Waals surface area contributed by atoms with Crippen molar-refractivity contribution in [2.24, 2.45) is 0 Å². The van der Waals surface area contributed by atoms with Gasteiger partial charge in [0.05, 0.1) is 5.56 Å². The maximum atomic E-state index is 12.7. The smallest absolute Gasteiger partial charge is 0.266 e. The van der Waals surface area contributed by atoms with Crippen molar-refractivity contribution in [1.29, 1.82) is 0 Å². The van der Waals surface area contributed by atoms with E-state index in [9.17, 15) is 13.2 Å². The largest absolute Gasteiger partial charge is 0.384 e. The van der Waals surface area contributed by atoms with E-state index in [1.165, 1.54) is 0 Å². The Hall–Kier alpha value is -0.970. The van der Waals surface area contributed by atoms with Gasteiger partial charge in [0.15, 0.2) is 11.0 Å². The molecular weight excluding hydrogens is 193 g/mol. The quantitative estimate of drug-likeness (QED) is 0.701. The van der Waals surface area contributed by atoms with E-state index in [-0.39, 0.29) is 5.82 Å². The molecule has 0 aliphatic rings. The predicted octanol–water partition coefficient (Wildman–Crippen LogP) is 2.39. The first-order chi connectivity index (χ1) is 5.52. The van der Waals surface area contributed by atoms with Crippen LogP contribution in [-0.2, 0) is 0 Å². The van der Waals surface area contributed by atoms with Gasteiger partial charge in [0.2, 0.25) is 0 Å². The number of hydrogen-bond acceptors (Lipinski definition) is 2. The van der Waals surface area contributed by atoms with Gasteiger partial charge in [-0.05, 0) is 6.07 Å². The number of pyridine rings is 1. The first-order valence-corrected chi connectivity index (χ1v) is 3.29. The summed E-state index contributed by atoms with van der Waals surface area (Å²) in [6, 6.07) is 0.756. The molecular formula is C6H4ClF3N2. The van der Waals surface area contributed by atoms with Gasteiger partial charge in [-0.2, -0.15) is 0 Å². The van der Waals surface area contributed by atoms with Crippen molar-refractivity contribution in [1.82, 2.24) is 4.98 Å². The van der Waals surface area contributed by atoms with Crippen LogP contribution in [0.5, 0.6) is 0 Å². The zero-order valence-corrected chi connectivity index (χ0v) is 6.45. The number of alkyl halides is 2. The molecule has 0 radical (unpaired) electrons. The van der Waals surface area contributed by atoms with Crippen molar-refractivity contribution in [2.45, 2.75) is 6.43 Å². The van der Waals surface area contributed by atoms with E-state index in [2.05, 4.69) is 4.98 Å². The highest BCUT2D eigenvalue weighted by Gasteiger charge is 2.17. The molecule has 1 rings (SSSR count). The maximum Gasteiger partial charge on any atom is 0.266 e. The van der Waals surface area contributed by atoms with Crippen molar-refractivity contribution in [3.63, 3.8) is 0 Å². The molecule has 1 heterocycles. The van der Waals surface area contributed by atoms with E-state index in [4.69, 9.17) is 17.3 Å². The molecule has 6 heteroatoms. The van der Waals surface area contributed by atoms with Crippen LogP contribution in [0.25, 0.3) is 0 Å². The Balaban J connectivity index is 3.28. The number of nitrogens with zero attached hydrogens (tertiary/aromatic N) is 1. The Kier molecular flexibility index (Phi) is 2.42. The highest BCUT2D eigenvalue weighted by Crippen LogP contribution is 2.26. The molecule has 0 fully saturated rings. The van der Waals surface area contributed by atoms with Gasteiger partial charge in [-0.1, -0.05) is 11.6 Å². The number of aromatic nitrogens is 1. The summed E-state index contributed by atoms with van der Waals surface area (Å²) in [5, 5.41) is -0.634. The van der Waals surface area contributed by atoms with Gasteiger partial charge in [0.1, 0.15) is 5.82 Å². The monoisotopic (exact) mass is 196 g/mol. The molecule has 1 aromatic rings. The van der Waals surface area contributed by atoms with Crippen LogP contribution in [0.15, 0.2) is 6.07 Å². The van der Waals surface area contributed by atoms with E-state index in [0.29, 0.717) is 0 Å². The first kappa shape index (κ1) is 9.12. The molecule has 12 heavy (non-hydrogen) atoms. The van der Waals surface area contributed by atoms with Gasteiger partial charge in [0, 0.05) is 0 Å². The fraction of sp³-hybridized carbons (Fsp3) is 0.167. The highest BCUT2D eigenvalue weighted by atomic mass is 35.5. The molecule has 2 N–H and O–H groups in total. The summed E-state index contributed by atoms with van der Waals surface area (Å²) >= 11 is 5.16. The van der Waals surface area contributed by atoms with Crippen molar-refractivity contribution < 1.29 is 13.2 Å². The summed E-state index contributed by atoms with van der Waals surface area (Å²) < 4.78 is 36.7. The molecule has 0 aliphatic carbocycles. The van der Waals surface area contributed by atoms with E-state index in [0.717, 1.165) is 6.07 Å². The molecule has 0 atom stereocenters. The topological polar surface area (TPSA) is 38.9 Å². The van der Waals surface area contributed by atoms with Gasteiger partial charge in [-0.3, -0.25) is 0 Å². The van der Waals surface area contributed by atoms with Gasteiger partial charge in [-0.25, -0.2) is 18.2 Å². The molecule has 0 amide bonds. The lowest BCUT2D eigenvalue weighted by molar-refractivity contribution is 0.146. The summed E-state index contributed by atoms with van der Waals surface area (Å²) in [5.41, 5.74) is 4.24. The maximum absolute atomic E-state index is 12.7. The SMILES string of the molecule is Nc1cc(C(F)F)c(F)c(Cl)n1. The van der Waals surface area contributed by atoms with Gasteiger partial charge >= 0.3 is 0 Å². The first-order valence-electron chi connectivity index (χ1n) is 2.92. The van der Waals surface area contributed by atoms with Crippen LogP contribution < -0.4 is 5.73 Å². The lowest BCUT2D eigenvalue weighted by atomic mass is 10.2. The molecule has 0 aliphatic heterocycles. The lowest BCUT2D eigenvalue weighted by Gasteiger charge is -2.03. The Labute approximate surface area is 71.2 Å². The third-order valence-electron chi connectivity index (χ3n) is 1.20. The zero-order chi connectivity index (χ0) is 9.30. The molecule has 66 valence electrons. The van der Waals surface area contributed by atoms with Crippen LogP contribution >= 0.6 is 11.6 Å². The average Bonchev–Trinajstić information content (AvgIpc) is 1.96. The predicted molar refractivity (Wildman–Crippen MR) is 38.6 cm³/mol. The number of nitrogens with two attached hydrogens (primary N) is 1. The van der Waals surface area contributed by atoms with E-state index >= 15 is 0 Å². The number of hydrogen-bond donors (Lipinski definition) is 1. The summed E-state index contributed by atoms with van der Waals surface area (Å²) in [6.07, 6.45) is -2.94. The zero-order valence-electron chi connectivity index (χ0n) is 5.69. The molecule has 0 saturated carbocycles. The number of nitrogen functional groups attached to an aromatic ring is 1. The number of anilines is 1. The Morgan fingerprint density at radius 3 is 2.58 bits per heavy atom. The molecule has 1 aromatic heterocycles. The molecule has 0 saturated heterocycles. The fourth-order valence-corrected chi connectivity index (χ4v) is 0.902. The Morgan fingerprint density at radius 1 is 1.50 bits per heavy atom. The van der Waals surface area contributed by atoms with Crippen molar-refractivity contribution in [2.75, 3.05) is 5.73 Å². The van der Waals surface area contributed by atoms with Crippen LogP contribution in [0.3, 0.4) is 0 Å². The minimum atomic E-state index is -2.94. The van der Waals surface area contributed by atoms with Crippen molar-refractivity contribution in [3.05, 3.63) is 22.6 Å². The summed E-state index contributed by atoms with van der Waals surface area (Å²) in [5.74, 6) is -1.45. The second-order valence-corrected chi connectivity index (χ2v) is 2.40. The minimum Gasteiger partial charge on any atom is -0.384 e. The summed E-state index contributed by atoms with van der Waals surface area (Å²) in [4.78, 5) is 3.25. The van der Waals surface area contributed by atoms with E-state index in [1.54, 1.807) is 0 Å². The summed E-state index contributed by atoms with van der Waals surface area (Å²) in [6.45, 7) is 0. The standard InChI is InChI=1S/C6H4ClF3N2/c7-5-4(8)2(6(9)10)1-3(11)12-5/h1,6H,(H2,11,12). The Bertz CT molecular complexity index is 303. The van der Waals surface area contributed by atoms with Crippen LogP contribution in [0, 0.1) is 5.82 Å². The van der Waals surface area contributed by atoms with E-state index in [1.807, 2.05) is 0 Å². The molecule has 0 bridgehead atoms. The Morgan fingerprint density at radius 2 is 2.08 bits per heavy atom. The second-order valence-electron chi connectivity index (χ2n) is 2.04. The second kappa shape index (κ2) is 3.18. The van der Waals surface area contributed by atoms with Crippen LogP contribution in [0.4, 0.5) is 19.0 Å². The third-order valence-corrected chi connectivity index (χ3v) is 1.45. The van der Waals surface area contributed by atoms with E-state index < -0.39 is 23.0 Å². The van der Waals surface area contributed by atoms with Gasteiger partial charge < -0.3 is 5.73 Å². The number of halogens is 4. The molecule has 2 nitrogen and oxygen atoms in total. The number of rotatable bonds is 1. The highest BCUT2D eigenvalue weighted by molar-refractivity contribution is 6.29. The molecule has 0 spiro atoms. The van der Waals surface area contributed by atoms with Crippen LogP contribution in [0.1, 0.15) is 12.0 Å². The fourth-order valence-electron chi connectivity index (χ4n) is 0.695. The van der Waals surface area contributed by atoms with Crippen molar-refractivity contribution >= 4 is 17.4 Å². The van der Waals surface area contributed by atoms with Crippen LogP contribution in [0.2, 0.25) is 5.15 Å². The van der Waals surface area contributed by atoms with Crippen molar-refractivity contribution in [3.8, 4) is 0 Å². The van der Waals surface area contributed by atoms with Gasteiger partial charge in [0.25, 0.3) is 6.43 Å². The summed E-state index contributed by atoms with van der Waals surface area (Å²) in [7, 11) is 0.